The van der Waals surface area contributed by atoms with Gasteiger partial charge in [-0.25, -0.2) is 0 Å². The number of carbonyl (C=O) groups excluding carboxylic acids is 2. The van der Waals surface area contributed by atoms with Crippen molar-refractivity contribution in [1.29, 1.82) is 0 Å². The Bertz CT molecular complexity index is 1420. The van der Waals surface area contributed by atoms with Gasteiger partial charge in [0.2, 0.25) is 5.91 Å². The smallest absolute Gasteiger partial charge is 0.254 e. The van der Waals surface area contributed by atoms with E-state index >= 15 is 0 Å². The number of ether oxygens (including phenoxy) is 1. The third-order valence-electron chi connectivity index (χ3n) is 7.16. The van der Waals surface area contributed by atoms with E-state index in [2.05, 4.69) is 35.1 Å². The van der Waals surface area contributed by atoms with Gasteiger partial charge < -0.3 is 19.5 Å². The van der Waals surface area contributed by atoms with Gasteiger partial charge in [-0.1, -0.05) is 61.5 Å². The van der Waals surface area contributed by atoms with Crippen molar-refractivity contribution < 1.29 is 14.3 Å². The van der Waals surface area contributed by atoms with Crippen LogP contribution in [0.15, 0.2) is 79.0 Å². The first kappa shape index (κ1) is 23.8. The first-order chi connectivity index (χ1) is 17.5. The highest BCUT2D eigenvalue weighted by molar-refractivity contribution is 6.05. The molecule has 1 aliphatic rings. The molecule has 0 bridgehead atoms. The molecule has 0 spiro atoms. The van der Waals surface area contributed by atoms with Gasteiger partial charge in [0.25, 0.3) is 5.91 Å². The number of hydrogen-bond donors (Lipinski definition) is 1. The molecule has 0 fully saturated rings. The summed E-state index contributed by atoms with van der Waals surface area (Å²) in [4.78, 5) is 29.8. The zero-order chi connectivity index (χ0) is 25.2. The van der Waals surface area contributed by atoms with Crippen molar-refractivity contribution in [2.75, 3.05) is 25.6 Å². The first-order valence-electron chi connectivity index (χ1n) is 12.4. The molecule has 0 saturated carbocycles. The number of carbonyl (C=O) groups is 2. The number of benzene rings is 3. The molecular weight excluding hydrogens is 450 g/mol. The van der Waals surface area contributed by atoms with Gasteiger partial charge in [-0.05, 0) is 35.7 Å². The van der Waals surface area contributed by atoms with Crippen LogP contribution in [-0.4, -0.2) is 41.5 Å². The van der Waals surface area contributed by atoms with E-state index in [1.54, 1.807) is 7.11 Å². The Hall–Kier alpha value is -3.90. The second-order valence-electron chi connectivity index (χ2n) is 9.21. The van der Waals surface area contributed by atoms with Crippen LogP contribution >= 0.6 is 0 Å². The van der Waals surface area contributed by atoms with Gasteiger partial charge in [-0.3, -0.25) is 9.59 Å². The second kappa shape index (κ2) is 9.99. The van der Waals surface area contributed by atoms with Crippen molar-refractivity contribution >= 4 is 28.4 Å². The van der Waals surface area contributed by atoms with Gasteiger partial charge >= 0.3 is 0 Å². The number of methoxy groups -OCH3 is 1. The average molecular weight is 482 g/mol. The summed E-state index contributed by atoms with van der Waals surface area (Å²) in [7, 11) is 3.62. The molecule has 5 rings (SSSR count). The van der Waals surface area contributed by atoms with Crippen molar-refractivity contribution in [2.45, 2.75) is 25.3 Å². The van der Waals surface area contributed by atoms with Gasteiger partial charge in [0.1, 0.15) is 0 Å². The van der Waals surface area contributed by atoms with E-state index in [4.69, 9.17) is 4.74 Å². The minimum absolute atomic E-state index is 0.0846. The lowest BCUT2D eigenvalue weighted by molar-refractivity contribution is -0.119. The molecule has 1 N–H and O–H groups in total. The maximum Gasteiger partial charge on any atom is 0.254 e. The summed E-state index contributed by atoms with van der Waals surface area (Å²) in [5, 5.41) is 4.24. The third-order valence-corrected chi connectivity index (χ3v) is 7.16. The standard InChI is InChI=1S/C30H31N3O3/c1-4-20-11-5-9-15-25(20)31-29(34)27-22-13-6-7-14-23(22)30(35)33(17-18-36-3)28(27)24-19-32(2)26-16-10-8-12-21(24)26/h5-16,19,27-28H,4,17-18H2,1-3H3,(H,31,34). The normalized spacial score (nSPS) is 17.3. The van der Waals surface area contributed by atoms with E-state index in [1.807, 2.05) is 72.6 Å². The zero-order valence-corrected chi connectivity index (χ0v) is 20.9. The van der Waals surface area contributed by atoms with Crippen molar-refractivity contribution in [3.05, 3.63) is 101 Å². The number of anilines is 1. The largest absolute Gasteiger partial charge is 0.383 e. The van der Waals surface area contributed by atoms with Gasteiger partial charge in [-0.15, -0.1) is 0 Å². The van der Waals surface area contributed by atoms with Gasteiger partial charge in [0.15, 0.2) is 0 Å². The van der Waals surface area contributed by atoms with E-state index in [0.29, 0.717) is 18.7 Å². The Morgan fingerprint density at radius 2 is 1.69 bits per heavy atom. The summed E-state index contributed by atoms with van der Waals surface area (Å²) in [6, 6.07) is 23.0. The van der Waals surface area contributed by atoms with Crippen molar-refractivity contribution in [3.8, 4) is 0 Å². The van der Waals surface area contributed by atoms with E-state index in [0.717, 1.165) is 39.7 Å². The Balaban J connectivity index is 1.70. The molecule has 6 nitrogen and oxygen atoms in total. The van der Waals surface area contributed by atoms with E-state index in [1.165, 1.54) is 0 Å². The summed E-state index contributed by atoms with van der Waals surface area (Å²) in [5.41, 5.74) is 5.20. The molecule has 1 aromatic heterocycles. The van der Waals surface area contributed by atoms with Crippen molar-refractivity contribution in [1.82, 2.24) is 9.47 Å². The first-order valence-corrected chi connectivity index (χ1v) is 12.4. The molecule has 2 unspecified atom stereocenters. The van der Waals surface area contributed by atoms with Crippen LogP contribution < -0.4 is 5.32 Å². The summed E-state index contributed by atoms with van der Waals surface area (Å²) in [5.74, 6) is -0.804. The highest BCUT2D eigenvalue weighted by Crippen LogP contribution is 2.45. The molecule has 2 amide bonds. The van der Waals surface area contributed by atoms with Crippen LogP contribution in [0.4, 0.5) is 5.69 Å². The molecule has 0 radical (unpaired) electrons. The van der Waals surface area contributed by atoms with Crippen LogP contribution in [0.3, 0.4) is 0 Å². The zero-order valence-electron chi connectivity index (χ0n) is 20.9. The number of nitrogens with zero attached hydrogens (tertiary/aromatic N) is 2. The van der Waals surface area contributed by atoms with Crippen LogP contribution in [0.25, 0.3) is 10.9 Å². The number of nitrogens with one attached hydrogen (secondary N) is 1. The van der Waals surface area contributed by atoms with E-state index in [9.17, 15) is 9.59 Å². The summed E-state index contributed by atoms with van der Waals surface area (Å²) < 4.78 is 7.44. The maximum absolute atomic E-state index is 14.2. The molecule has 4 aromatic rings. The van der Waals surface area contributed by atoms with Crippen molar-refractivity contribution in [3.63, 3.8) is 0 Å². The van der Waals surface area contributed by atoms with Crippen LogP contribution in [0.1, 0.15) is 45.9 Å². The van der Waals surface area contributed by atoms with Crippen LogP contribution in [0.5, 0.6) is 0 Å². The van der Waals surface area contributed by atoms with Crippen LogP contribution in [-0.2, 0) is 23.0 Å². The van der Waals surface area contributed by atoms with Gasteiger partial charge in [0.05, 0.1) is 18.6 Å². The summed E-state index contributed by atoms with van der Waals surface area (Å²) in [6.07, 6.45) is 2.86. The average Bonchev–Trinajstić information content (AvgIpc) is 3.24. The maximum atomic E-state index is 14.2. The number of amides is 2. The minimum atomic E-state index is -0.591. The number of hydrogen-bond acceptors (Lipinski definition) is 3. The lowest BCUT2D eigenvalue weighted by Crippen LogP contribution is -2.47. The molecule has 0 saturated heterocycles. The fourth-order valence-corrected chi connectivity index (χ4v) is 5.43. The minimum Gasteiger partial charge on any atom is -0.383 e. The van der Waals surface area contributed by atoms with E-state index in [-0.39, 0.29) is 11.8 Å². The molecule has 1 aliphatic heterocycles. The number of aryl methyl sites for hydroxylation is 2. The van der Waals surface area contributed by atoms with E-state index < -0.39 is 12.0 Å². The van der Waals surface area contributed by atoms with Crippen LogP contribution in [0.2, 0.25) is 0 Å². The molecule has 3 aromatic carbocycles. The highest BCUT2D eigenvalue weighted by Gasteiger charge is 2.45. The summed E-state index contributed by atoms with van der Waals surface area (Å²) >= 11 is 0. The van der Waals surface area contributed by atoms with Crippen molar-refractivity contribution in [2.24, 2.45) is 7.05 Å². The Labute approximate surface area is 211 Å². The molecule has 184 valence electrons. The number of rotatable bonds is 7. The molecule has 36 heavy (non-hydrogen) atoms. The van der Waals surface area contributed by atoms with Gasteiger partial charge in [0, 0.05) is 54.6 Å². The number of aromatic nitrogens is 1. The predicted octanol–water partition coefficient (Wildman–Crippen LogP) is 5.31. The SMILES string of the molecule is CCc1ccccc1NC(=O)C1c2ccccc2C(=O)N(CCOC)C1c1cn(C)c2ccccc12. The molecule has 2 heterocycles. The van der Waals surface area contributed by atoms with Crippen LogP contribution in [0, 0.1) is 0 Å². The predicted molar refractivity (Wildman–Crippen MR) is 142 cm³/mol. The molecule has 0 aliphatic carbocycles. The van der Waals surface area contributed by atoms with Gasteiger partial charge in [-0.2, -0.15) is 0 Å². The molecular formula is C30H31N3O3. The Morgan fingerprint density at radius 3 is 2.50 bits per heavy atom. The topological polar surface area (TPSA) is 63.6 Å². The Morgan fingerprint density at radius 1 is 0.972 bits per heavy atom. The third kappa shape index (κ3) is 4.07. The fourth-order valence-electron chi connectivity index (χ4n) is 5.43. The lowest BCUT2D eigenvalue weighted by Gasteiger charge is -2.41. The monoisotopic (exact) mass is 481 g/mol. The Kier molecular flexibility index (Phi) is 6.61. The number of fused-ring (bicyclic) bond motifs is 2. The lowest BCUT2D eigenvalue weighted by atomic mass is 9.79. The molecule has 2 atom stereocenters. The fraction of sp³-hybridized carbons (Fsp3) is 0.267. The quantitative estimate of drug-likeness (QED) is 0.389. The highest BCUT2D eigenvalue weighted by atomic mass is 16.5. The second-order valence-corrected chi connectivity index (χ2v) is 9.21. The molecule has 6 heteroatoms. The number of para-hydroxylation sites is 2. The summed E-state index contributed by atoms with van der Waals surface area (Å²) in [6.45, 7) is 2.83.